The average molecular weight is 223 g/mol. The summed E-state index contributed by atoms with van der Waals surface area (Å²) in [5.74, 6) is -0.0417. The molecule has 1 fully saturated rings. The minimum Gasteiger partial charge on any atom is -0.298 e. The van der Waals surface area contributed by atoms with Gasteiger partial charge in [-0.15, -0.1) is 0 Å². The lowest BCUT2D eigenvalue weighted by Crippen LogP contribution is -2.36. The summed E-state index contributed by atoms with van der Waals surface area (Å²) in [6, 6.07) is 0. The molecule has 0 radical (unpaired) electrons. The summed E-state index contributed by atoms with van der Waals surface area (Å²) < 4.78 is 35.9. The predicted molar refractivity (Wildman–Crippen MR) is 50.5 cm³/mol. The molecule has 5 heteroatoms. The van der Waals surface area contributed by atoms with E-state index in [0.29, 0.717) is 0 Å². The topological polar surface area (TPSA) is 20.3 Å². The summed E-state index contributed by atoms with van der Waals surface area (Å²) >= 11 is 0. The second-order valence-corrected chi connectivity index (χ2v) is 4.24. The minimum atomic E-state index is -4.22. The smallest absolute Gasteiger partial charge is 0.298 e. The third kappa shape index (κ3) is 4.64. The van der Waals surface area contributed by atoms with E-state index in [1.807, 2.05) is 0 Å². The quantitative estimate of drug-likeness (QED) is 0.728. The summed E-state index contributed by atoms with van der Waals surface area (Å²) in [5.41, 5.74) is 0. The van der Waals surface area contributed by atoms with Gasteiger partial charge in [0.05, 0.1) is 13.1 Å². The van der Waals surface area contributed by atoms with Crippen LogP contribution in [0.5, 0.6) is 0 Å². The van der Waals surface area contributed by atoms with Gasteiger partial charge in [0.25, 0.3) is 0 Å². The van der Waals surface area contributed by atoms with E-state index in [1.54, 1.807) is 0 Å². The Balaban J connectivity index is 2.30. The van der Waals surface area contributed by atoms with Crippen LogP contribution in [-0.4, -0.2) is 37.0 Å². The Hall–Kier alpha value is -0.580. The first-order valence-corrected chi connectivity index (χ1v) is 5.16. The lowest BCUT2D eigenvalue weighted by atomic mass is 10.0. The molecule has 0 unspecified atom stereocenters. The fraction of sp³-hybridized carbons (Fsp3) is 0.900. The lowest BCUT2D eigenvalue weighted by Gasteiger charge is -2.19. The molecule has 2 nitrogen and oxygen atoms in total. The van der Waals surface area contributed by atoms with Crippen LogP contribution in [0.25, 0.3) is 0 Å². The van der Waals surface area contributed by atoms with Crippen molar-refractivity contribution in [2.75, 3.05) is 20.1 Å². The molecule has 0 atom stereocenters. The van der Waals surface area contributed by atoms with Crippen molar-refractivity contribution in [2.24, 2.45) is 5.92 Å². The molecular weight excluding hydrogens is 207 g/mol. The van der Waals surface area contributed by atoms with Crippen molar-refractivity contribution in [2.45, 2.75) is 31.9 Å². The molecule has 0 aromatic rings. The number of hydrogen-bond acceptors (Lipinski definition) is 2. The van der Waals surface area contributed by atoms with Gasteiger partial charge in [-0.1, -0.05) is 12.8 Å². The van der Waals surface area contributed by atoms with Crippen molar-refractivity contribution in [1.82, 2.24) is 4.90 Å². The fourth-order valence-electron chi connectivity index (χ4n) is 2.00. The molecule has 1 aliphatic carbocycles. The Bertz CT molecular complexity index is 221. The van der Waals surface area contributed by atoms with Crippen LogP contribution in [0.3, 0.4) is 0 Å². The number of likely N-dealkylation sites (N-methyl/N-ethyl adjacent to an activating group) is 1. The van der Waals surface area contributed by atoms with Crippen molar-refractivity contribution in [1.29, 1.82) is 0 Å². The van der Waals surface area contributed by atoms with Gasteiger partial charge in [-0.3, -0.25) is 9.69 Å². The highest BCUT2D eigenvalue weighted by atomic mass is 19.4. The summed E-state index contributed by atoms with van der Waals surface area (Å²) in [4.78, 5) is 12.6. The first-order chi connectivity index (χ1) is 6.88. The summed E-state index contributed by atoms with van der Waals surface area (Å²) in [6.45, 7) is -1.09. The third-order valence-electron chi connectivity index (χ3n) is 2.69. The largest absolute Gasteiger partial charge is 0.401 e. The minimum absolute atomic E-state index is 0.000633. The second kappa shape index (κ2) is 4.96. The Morgan fingerprint density at radius 1 is 1.33 bits per heavy atom. The summed E-state index contributed by atoms with van der Waals surface area (Å²) in [7, 11) is 1.33. The standard InChI is InChI=1S/C10H16F3NO/c1-14(7-10(11,12)13)6-9(15)8-4-2-3-5-8/h8H,2-7H2,1H3. The van der Waals surface area contributed by atoms with Crippen LogP contribution in [0.15, 0.2) is 0 Å². The zero-order valence-corrected chi connectivity index (χ0v) is 8.81. The average Bonchev–Trinajstić information content (AvgIpc) is 2.50. The van der Waals surface area contributed by atoms with E-state index in [-0.39, 0.29) is 18.2 Å². The number of hydrogen-bond donors (Lipinski definition) is 0. The van der Waals surface area contributed by atoms with Gasteiger partial charge in [-0.25, -0.2) is 0 Å². The Morgan fingerprint density at radius 2 is 1.87 bits per heavy atom. The molecule has 1 saturated carbocycles. The van der Waals surface area contributed by atoms with Crippen molar-refractivity contribution < 1.29 is 18.0 Å². The van der Waals surface area contributed by atoms with Gasteiger partial charge in [0, 0.05) is 5.92 Å². The molecule has 0 spiro atoms. The van der Waals surface area contributed by atoms with E-state index >= 15 is 0 Å². The van der Waals surface area contributed by atoms with Gasteiger partial charge in [0.15, 0.2) is 0 Å². The third-order valence-corrected chi connectivity index (χ3v) is 2.69. The molecule has 1 aliphatic rings. The van der Waals surface area contributed by atoms with Crippen LogP contribution in [0.2, 0.25) is 0 Å². The van der Waals surface area contributed by atoms with E-state index in [4.69, 9.17) is 0 Å². The Labute approximate surface area is 87.4 Å². The van der Waals surface area contributed by atoms with Crippen LogP contribution >= 0.6 is 0 Å². The van der Waals surface area contributed by atoms with E-state index in [2.05, 4.69) is 0 Å². The fourth-order valence-corrected chi connectivity index (χ4v) is 2.00. The van der Waals surface area contributed by atoms with Crippen LogP contribution in [-0.2, 0) is 4.79 Å². The number of carbonyl (C=O) groups is 1. The maximum Gasteiger partial charge on any atom is 0.401 e. The van der Waals surface area contributed by atoms with Crippen molar-refractivity contribution in [3.05, 3.63) is 0 Å². The zero-order valence-electron chi connectivity index (χ0n) is 8.81. The van der Waals surface area contributed by atoms with Gasteiger partial charge < -0.3 is 0 Å². The highest BCUT2D eigenvalue weighted by Gasteiger charge is 2.31. The van der Waals surface area contributed by atoms with Crippen LogP contribution in [0, 0.1) is 5.92 Å². The van der Waals surface area contributed by atoms with Crippen LogP contribution in [0.4, 0.5) is 13.2 Å². The molecule has 0 saturated heterocycles. The molecule has 0 aliphatic heterocycles. The van der Waals surface area contributed by atoms with Crippen LogP contribution in [0.1, 0.15) is 25.7 Å². The van der Waals surface area contributed by atoms with Gasteiger partial charge in [-0.05, 0) is 19.9 Å². The molecule has 0 heterocycles. The molecule has 88 valence electrons. The van der Waals surface area contributed by atoms with E-state index in [0.717, 1.165) is 30.6 Å². The highest BCUT2D eigenvalue weighted by Crippen LogP contribution is 2.25. The monoisotopic (exact) mass is 223 g/mol. The van der Waals surface area contributed by atoms with Crippen molar-refractivity contribution >= 4 is 5.78 Å². The lowest BCUT2D eigenvalue weighted by molar-refractivity contribution is -0.146. The first-order valence-electron chi connectivity index (χ1n) is 5.16. The number of Topliss-reactive ketones (excluding diaryl/α,β-unsaturated/α-hetero) is 1. The zero-order chi connectivity index (χ0) is 11.5. The molecule has 0 N–H and O–H groups in total. The van der Waals surface area contributed by atoms with Gasteiger partial charge in [0.2, 0.25) is 0 Å². The van der Waals surface area contributed by atoms with E-state index in [9.17, 15) is 18.0 Å². The van der Waals surface area contributed by atoms with E-state index < -0.39 is 12.7 Å². The molecule has 0 aromatic carbocycles. The number of rotatable bonds is 4. The molecule has 1 rings (SSSR count). The predicted octanol–water partition coefficient (Wildman–Crippen LogP) is 2.24. The van der Waals surface area contributed by atoms with Crippen molar-refractivity contribution in [3.63, 3.8) is 0 Å². The maximum atomic E-state index is 12.0. The molecule has 0 aromatic heterocycles. The van der Waals surface area contributed by atoms with Gasteiger partial charge in [-0.2, -0.15) is 13.2 Å². The normalized spacial score (nSPS) is 18.7. The first kappa shape index (κ1) is 12.5. The number of ketones is 1. The summed E-state index contributed by atoms with van der Waals surface area (Å²) in [5, 5.41) is 0. The molecular formula is C10H16F3NO. The second-order valence-electron chi connectivity index (χ2n) is 4.24. The van der Waals surface area contributed by atoms with Crippen LogP contribution < -0.4 is 0 Å². The van der Waals surface area contributed by atoms with E-state index in [1.165, 1.54) is 7.05 Å². The summed E-state index contributed by atoms with van der Waals surface area (Å²) in [6.07, 6.45) is -0.471. The molecule has 0 bridgehead atoms. The highest BCUT2D eigenvalue weighted by molar-refractivity contribution is 5.83. The van der Waals surface area contributed by atoms with Gasteiger partial charge >= 0.3 is 6.18 Å². The number of carbonyl (C=O) groups excluding carboxylic acids is 1. The number of alkyl halides is 3. The number of nitrogens with zero attached hydrogens (tertiary/aromatic N) is 1. The number of halogens is 3. The Kier molecular flexibility index (Phi) is 4.13. The molecule has 15 heavy (non-hydrogen) atoms. The maximum absolute atomic E-state index is 12.0. The SMILES string of the molecule is CN(CC(=O)C1CCCC1)CC(F)(F)F. The molecule has 0 amide bonds. The van der Waals surface area contributed by atoms with Gasteiger partial charge in [0.1, 0.15) is 5.78 Å². The Morgan fingerprint density at radius 3 is 2.33 bits per heavy atom. The van der Waals surface area contributed by atoms with Crippen molar-refractivity contribution in [3.8, 4) is 0 Å².